The lowest BCUT2D eigenvalue weighted by Gasteiger charge is -2.45. The molecular formula is C19H26O2. The Hall–Kier alpha value is -0.920. The highest BCUT2D eigenvalue weighted by Crippen LogP contribution is 2.80. The molecule has 0 saturated heterocycles. The van der Waals surface area contributed by atoms with Crippen molar-refractivity contribution in [3.63, 3.8) is 0 Å². The third-order valence-corrected chi connectivity index (χ3v) is 8.02. The molecule has 3 fully saturated rings. The fraction of sp³-hybridized carbons (Fsp3) is 0.789. The molecule has 2 nitrogen and oxygen atoms in total. The Bertz CT molecular complexity index is 586. The zero-order valence-electron chi connectivity index (χ0n) is 13.7. The van der Waals surface area contributed by atoms with Crippen molar-refractivity contribution in [2.24, 2.45) is 34.0 Å². The van der Waals surface area contributed by atoms with Gasteiger partial charge < -0.3 is 0 Å². The number of fused-ring (bicyclic) bond motifs is 2. The molecule has 1 spiro atoms. The van der Waals surface area contributed by atoms with Crippen molar-refractivity contribution in [2.75, 3.05) is 0 Å². The van der Waals surface area contributed by atoms with Crippen LogP contribution in [0.15, 0.2) is 11.6 Å². The van der Waals surface area contributed by atoms with Gasteiger partial charge in [0.1, 0.15) is 5.78 Å². The number of carbonyl (C=O) groups is 2. The van der Waals surface area contributed by atoms with Crippen molar-refractivity contribution in [1.29, 1.82) is 0 Å². The van der Waals surface area contributed by atoms with Crippen molar-refractivity contribution >= 4 is 11.6 Å². The molecule has 5 atom stereocenters. The lowest BCUT2D eigenvalue weighted by atomic mass is 9.57. The number of rotatable bonds is 1. The molecule has 0 amide bonds. The zero-order chi connectivity index (χ0) is 15.2. The summed E-state index contributed by atoms with van der Waals surface area (Å²) in [4.78, 5) is 24.9. The number of hydrogen-bond acceptors (Lipinski definition) is 2. The van der Waals surface area contributed by atoms with Gasteiger partial charge in [0.25, 0.3) is 0 Å². The molecule has 4 aliphatic carbocycles. The number of allylic oxidation sites excluding steroid dienone is 2. The van der Waals surface area contributed by atoms with Gasteiger partial charge in [-0.3, -0.25) is 9.59 Å². The zero-order valence-corrected chi connectivity index (χ0v) is 13.7. The van der Waals surface area contributed by atoms with Gasteiger partial charge in [-0.25, -0.2) is 0 Å². The predicted octanol–water partition coefficient (Wildman–Crippen LogP) is 3.94. The third-order valence-electron chi connectivity index (χ3n) is 8.02. The molecular weight excluding hydrogens is 260 g/mol. The molecule has 0 aromatic heterocycles. The molecule has 0 bridgehead atoms. The molecule has 4 rings (SSSR count). The van der Waals surface area contributed by atoms with E-state index < -0.39 is 0 Å². The van der Waals surface area contributed by atoms with Crippen molar-refractivity contribution in [3.05, 3.63) is 11.6 Å². The summed E-state index contributed by atoms with van der Waals surface area (Å²) < 4.78 is 0. The molecule has 0 N–H and O–H groups in total. The van der Waals surface area contributed by atoms with E-state index >= 15 is 0 Å². The van der Waals surface area contributed by atoms with E-state index in [-0.39, 0.29) is 22.0 Å². The first-order valence-electron chi connectivity index (χ1n) is 8.54. The molecule has 0 heterocycles. The molecule has 21 heavy (non-hydrogen) atoms. The highest BCUT2D eigenvalue weighted by molar-refractivity contribution is 6.00. The van der Waals surface area contributed by atoms with Gasteiger partial charge >= 0.3 is 0 Å². The van der Waals surface area contributed by atoms with Crippen LogP contribution in [0, 0.1) is 34.0 Å². The first-order valence-corrected chi connectivity index (χ1v) is 8.54. The van der Waals surface area contributed by atoms with Crippen LogP contribution in [0.1, 0.15) is 59.8 Å². The number of carbonyl (C=O) groups excluding carboxylic acids is 2. The molecule has 3 saturated carbocycles. The van der Waals surface area contributed by atoms with Gasteiger partial charge in [-0.05, 0) is 66.4 Å². The second-order valence-electron chi connectivity index (χ2n) is 8.78. The maximum Gasteiger partial charge on any atom is 0.156 e. The fourth-order valence-corrected chi connectivity index (χ4v) is 7.16. The maximum absolute atomic E-state index is 13.1. The van der Waals surface area contributed by atoms with Gasteiger partial charge in [0.2, 0.25) is 0 Å². The van der Waals surface area contributed by atoms with E-state index in [4.69, 9.17) is 0 Å². The maximum atomic E-state index is 13.1. The van der Waals surface area contributed by atoms with E-state index in [2.05, 4.69) is 27.7 Å². The Labute approximate surface area is 127 Å². The molecule has 0 aliphatic heterocycles. The molecule has 0 unspecified atom stereocenters. The van der Waals surface area contributed by atoms with Crippen LogP contribution in [-0.2, 0) is 9.59 Å². The quantitative estimate of drug-likeness (QED) is 0.731. The van der Waals surface area contributed by atoms with E-state index in [0.29, 0.717) is 30.0 Å². The standard InChI is InChI=1S/C19H26O2/c1-11(2)14-5-6-19-9-12-7-13(20)8-15(12)18(19,4)16(21)10-17(14,19)3/h8,11-12,14H,5-7,9-10H2,1-4H3/t12-,14+,17+,18-,19+/m0/s1. The van der Waals surface area contributed by atoms with Crippen LogP contribution in [0.3, 0.4) is 0 Å². The Kier molecular flexibility index (Phi) is 2.42. The normalized spacial score (nSPS) is 51.4. The lowest BCUT2D eigenvalue weighted by Crippen LogP contribution is -2.42. The average molecular weight is 286 g/mol. The summed E-state index contributed by atoms with van der Waals surface area (Å²) in [7, 11) is 0. The number of ketones is 2. The first kappa shape index (κ1) is 13.7. The van der Waals surface area contributed by atoms with Gasteiger partial charge in [0.05, 0.1) is 5.41 Å². The minimum Gasteiger partial charge on any atom is -0.299 e. The van der Waals surface area contributed by atoms with Crippen LogP contribution in [0.2, 0.25) is 0 Å². The van der Waals surface area contributed by atoms with Crippen LogP contribution in [0.25, 0.3) is 0 Å². The van der Waals surface area contributed by atoms with Gasteiger partial charge in [-0.15, -0.1) is 0 Å². The smallest absolute Gasteiger partial charge is 0.156 e. The van der Waals surface area contributed by atoms with Crippen LogP contribution >= 0.6 is 0 Å². The molecule has 4 aliphatic rings. The summed E-state index contributed by atoms with van der Waals surface area (Å²) in [5.41, 5.74) is 1.12. The summed E-state index contributed by atoms with van der Waals surface area (Å²) in [5.74, 6) is 2.31. The van der Waals surface area contributed by atoms with Crippen molar-refractivity contribution in [1.82, 2.24) is 0 Å². The van der Waals surface area contributed by atoms with E-state index in [9.17, 15) is 9.59 Å². The molecule has 114 valence electrons. The van der Waals surface area contributed by atoms with Gasteiger partial charge in [-0.2, -0.15) is 0 Å². The third kappa shape index (κ3) is 1.24. The summed E-state index contributed by atoms with van der Waals surface area (Å²) in [6.45, 7) is 9.19. The number of Topliss-reactive ketones (excluding diaryl/α,β-unsaturated/α-hetero) is 1. The Morgan fingerprint density at radius 2 is 1.95 bits per heavy atom. The summed E-state index contributed by atoms with van der Waals surface area (Å²) in [6, 6.07) is 0. The average Bonchev–Trinajstić information content (AvgIpc) is 2.98. The molecule has 2 heteroatoms. The summed E-state index contributed by atoms with van der Waals surface area (Å²) in [6.07, 6.45) is 6.73. The van der Waals surface area contributed by atoms with E-state index in [0.717, 1.165) is 12.8 Å². The van der Waals surface area contributed by atoms with Crippen LogP contribution in [0.4, 0.5) is 0 Å². The largest absolute Gasteiger partial charge is 0.299 e. The highest BCUT2D eigenvalue weighted by atomic mass is 16.1. The van der Waals surface area contributed by atoms with Crippen LogP contribution < -0.4 is 0 Å². The number of hydrogen-bond donors (Lipinski definition) is 0. The lowest BCUT2D eigenvalue weighted by molar-refractivity contribution is -0.125. The van der Waals surface area contributed by atoms with Crippen molar-refractivity contribution in [2.45, 2.75) is 59.8 Å². The van der Waals surface area contributed by atoms with E-state index in [1.54, 1.807) is 0 Å². The predicted molar refractivity (Wildman–Crippen MR) is 81.6 cm³/mol. The van der Waals surface area contributed by atoms with Crippen LogP contribution in [-0.4, -0.2) is 11.6 Å². The Morgan fingerprint density at radius 3 is 2.62 bits per heavy atom. The van der Waals surface area contributed by atoms with Gasteiger partial charge in [0.15, 0.2) is 5.78 Å². The van der Waals surface area contributed by atoms with Crippen molar-refractivity contribution in [3.8, 4) is 0 Å². The van der Waals surface area contributed by atoms with Gasteiger partial charge in [-0.1, -0.05) is 20.8 Å². The summed E-state index contributed by atoms with van der Waals surface area (Å²) >= 11 is 0. The van der Waals surface area contributed by atoms with Gasteiger partial charge in [0, 0.05) is 12.8 Å². The second-order valence-corrected chi connectivity index (χ2v) is 8.78. The molecule has 0 radical (unpaired) electrons. The minimum absolute atomic E-state index is 0.128. The second kappa shape index (κ2) is 3.70. The Morgan fingerprint density at radius 1 is 1.24 bits per heavy atom. The summed E-state index contributed by atoms with van der Waals surface area (Å²) in [5, 5.41) is 0. The SMILES string of the molecule is CC(C)[C@H]1CC[C@]23C[C@@H]4CC(=O)C=C4[C@@]2(C)C(=O)C[C@]13C. The van der Waals surface area contributed by atoms with Crippen LogP contribution in [0.5, 0.6) is 0 Å². The fourth-order valence-electron chi connectivity index (χ4n) is 7.16. The van der Waals surface area contributed by atoms with Crippen molar-refractivity contribution < 1.29 is 9.59 Å². The van der Waals surface area contributed by atoms with E-state index in [1.165, 1.54) is 18.4 Å². The molecule has 0 aromatic carbocycles. The highest BCUT2D eigenvalue weighted by Gasteiger charge is 2.77. The van der Waals surface area contributed by atoms with E-state index in [1.807, 2.05) is 6.08 Å². The monoisotopic (exact) mass is 286 g/mol. The first-order chi connectivity index (χ1) is 9.76. The Balaban J connectivity index is 1.90. The molecule has 0 aromatic rings. The minimum atomic E-state index is -0.345. The topological polar surface area (TPSA) is 34.1 Å².